The molecule has 0 aromatic carbocycles. The maximum Gasteiger partial charge on any atom is 1.00 e. The Kier molecular flexibility index (Phi) is 4.69. The molecule has 1 fully saturated rings. The quantitative estimate of drug-likeness (QED) is 0.271. The van der Waals surface area contributed by atoms with E-state index in [9.17, 15) is 9.90 Å². The van der Waals surface area contributed by atoms with Crippen LogP contribution in [0.1, 0.15) is 6.42 Å². The van der Waals surface area contributed by atoms with Gasteiger partial charge in [0.2, 0.25) is 0 Å². The minimum Gasteiger partial charge on any atom is -0.547 e. The van der Waals surface area contributed by atoms with Crippen molar-refractivity contribution in [3.8, 4) is 0 Å². The van der Waals surface area contributed by atoms with Crippen LogP contribution in [-0.2, 0) is 19.6 Å². The molecule has 0 aromatic heterocycles. The van der Waals surface area contributed by atoms with Crippen LogP contribution < -0.4 is 24.0 Å². The summed E-state index contributed by atoms with van der Waals surface area (Å²) in [7, 11) is 0. The Balaban J connectivity index is 0.000000810. The third kappa shape index (κ3) is 2.69. The van der Waals surface area contributed by atoms with E-state index in [1.165, 1.54) is 0 Å². The molecule has 0 aromatic rings. The standard InChI is InChI=1S/C4H6O5.Li/c5-4(6)3-1-2-7-9-8-3;/h3H,1-2H2,(H,5,6);/q;+1/p-1. The number of carbonyl (C=O) groups excluding carboxylic acids is 1. The van der Waals surface area contributed by atoms with E-state index in [1.54, 1.807) is 0 Å². The average molecular weight is 140 g/mol. The van der Waals surface area contributed by atoms with Gasteiger partial charge >= 0.3 is 18.9 Å². The number of hydrogen-bond donors (Lipinski definition) is 0. The first-order valence-electron chi connectivity index (χ1n) is 2.46. The van der Waals surface area contributed by atoms with E-state index in [-0.39, 0.29) is 31.9 Å². The summed E-state index contributed by atoms with van der Waals surface area (Å²) in [4.78, 5) is 18.4. The zero-order valence-electron chi connectivity index (χ0n) is 5.53. The summed E-state index contributed by atoms with van der Waals surface area (Å²) in [5, 5.41) is 13.9. The molecule has 0 aliphatic carbocycles. The molecule has 1 saturated heterocycles. The minimum absolute atomic E-state index is 0. The van der Waals surface area contributed by atoms with Crippen molar-refractivity contribution in [1.29, 1.82) is 0 Å². The Morgan fingerprint density at radius 1 is 1.60 bits per heavy atom. The van der Waals surface area contributed by atoms with Crippen molar-refractivity contribution in [2.24, 2.45) is 0 Å². The maximum absolute atomic E-state index is 9.98. The Morgan fingerprint density at radius 2 is 2.30 bits per heavy atom. The molecule has 0 bridgehead atoms. The van der Waals surface area contributed by atoms with Crippen molar-refractivity contribution in [2.75, 3.05) is 6.61 Å². The number of aliphatic carboxylic acids is 1. The van der Waals surface area contributed by atoms with Crippen LogP contribution in [0.15, 0.2) is 0 Å². The van der Waals surface area contributed by atoms with Gasteiger partial charge in [-0.1, -0.05) is 5.04 Å². The van der Waals surface area contributed by atoms with Crippen LogP contribution in [0.25, 0.3) is 0 Å². The van der Waals surface area contributed by atoms with Gasteiger partial charge < -0.3 is 9.90 Å². The van der Waals surface area contributed by atoms with Crippen LogP contribution >= 0.6 is 0 Å². The third-order valence-corrected chi connectivity index (χ3v) is 0.930. The van der Waals surface area contributed by atoms with Crippen LogP contribution in [-0.4, -0.2) is 18.7 Å². The molecule has 52 valence electrons. The van der Waals surface area contributed by atoms with Crippen molar-refractivity contribution < 1.29 is 43.6 Å². The fourth-order valence-corrected chi connectivity index (χ4v) is 0.470. The Hall–Kier alpha value is -0.0526. The summed E-state index contributed by atoms with van der Waals surface area (Å²) in [6.45, 7) is 0.221. The van der Waals surface area contributed by atoms with Crippen molar-refractivity contribution in [3.05, 3.63) is 0 Å². The Labute approximate surface area is 69.3 Å². The fraction of sp³-hybridized carbons (Fsp3) is 0.750. The molecular weight excluding hydrogens is 135 g/mol. The van der Waals surface area contributed by atoms with Crippen molar-refractivity contribution >= 4 is 5.97 Å². The van der Waals surface area contributed by atoms with E-state index in [2.05, 4.69) is 14.8 Å². The van der Waals surface area contributed by atoms with E-state index in [4.69, 9.17) is 0 Å². The third-order valence-electron chi connectivity index (χ3n) is 0.930. The largest absolute Gasteiger partial charge is 1.00 e. The van der Waals surface area contributed by atoms with Crippen molar-refractivity contribution in [3.63, 3.8) is 0 Å². The van der Waals surface area contributed by atoms with E-state index < -0.39 is 12.1 Å². The molecule has 0 radical (unpaired) electrons. The fourth-order valence-electron chi connectivity index (χ4n) is 0.470. The van der Waals surface area contributed by atoms with Crippen LogP contribution in [0.3, 0.4) is 0 Å². The van der Waals surface area contributed by atoms with Gasteiger partial charge in [0.15, 0.2) is 0 Å². The predicted molar refractivity (Wildman–Crippen MR) is 21.5 cm³/mol. The number of carbonyl (C=O) groups is 1. The van der Waals surface area contributed by atoms with E-state index in [0.717, 1.165) is 0 Å². The molecule has 0 spiro atoms. The molecular formula is C4H5LiO5. The summed E-state index contributed by atoms with van der Waals surface area (Å²) in [5.74, 6) is -1.28. The number of rotatable bonds is 1. The molecule has 1 rings (SSSR count). The number of carboxylic acid groups (broad SMARTS) is 1. The van der Waals surface area contributed by atoms with Gasteiger partial charge in [-0.2, -0.15) is 4.89 Å². The average Bonchev–Trinajstić information content (AvgIpc) is 1.90. The second-order valence-corrected chi connectivity index (χ2v) is 1.58. The molecule has 1 aliphatic rings. The molecule has 1 aliphatic heterocycles. The molecule has 5 nitrogen and oxygen atoms in total. The minimum atomic E-state index is -1.28. The van der Waals surface area contributed by atoms with Gasteiger partial charge in [0.1, 0.15) is 6.10 Å². The van der Waals surface area contributed by atoms with Gasteiger partial charge in [0.05, 0.1) is 12.6 Å². The first kappa shape index (κ1) is 9.95. The molecule has 0 amide bonds. The van der Waals surface area contributed by atoms with Gasteiger partial charge in [-0.15, -0.1) is 0 Å². The predicted octanol–water partition coefficient (Wildman–Crippen LogP) is -4.61. The normalized spacial score (nSPS) is 25.0. The first-order valence-corrected chi connectivity index (χ1v) is 2.46. The maximum atomic E-state index is 9.98. The topological polar surface area (TPSA) is 67.8 Å². The first-order chi connectivity index (χ1) is 4.30. The van der Waals surface area contributed by atoms with Crippen LogP contribution in [0, 0.1) is 0 Å². The van der Waals surface area contributed by atoms with E-state index in [1.807, 2.05) is 0 Å². The van der Waals surface area contributed by atoms with Crippen molar-refractivity contribution in [2.45, 2.75) is 12.5 Å². The van der Waals surface area contributed by atoms with Crippen LogP contribution in [0.5, 0.6) is 0 Å². The molecule has 6 heteroatoms. The second-order valence-electron chi connectivity index (χ2n) is 1.58. The van der Waals surface area contributed by atoms with Crippen LogP contribution in [0.4, 0.5) is 0 Å². The summed E-state index contributed by atoms with van der Waals surface area (Å²) < 4.78 is 0. The van der Waals surface area contributed by atoms with Gasteiger partial charge in [-0.05, 0) is 0 Å². The molecule has 0 saturated carbocycles. The number of carboxylic acids is 1. The van der Waals surface area contributed by atoms with E-state index in [0.29, 0.717) is 0 Å². The summed E-state index contributed by atoms with van der Waals surface area (Å²) in [6, 6.07) is 0. The molecule has 10 heavy (non-hydrogen) atoms. The van der Waals surface area contributed by atoms with Gasteiger partial charge in [-0.25, -0.2) is 4.89 Å². The van der Waals surface area contributed by atoms with Gasteiger partial charge in [0.25, 0.3) is 0 Å². The second kappa shape index (κ2) is 4.72. The Bertz CT molecular complexity index is 110. The summed E-state index contributed by atoms with van der Waals surface area (Å²) in [5.41, 5.74) is 0. The smallest absolute Gasteiger partial charge is 0.547 e. The van der Waals surface area contributed by atoms with Crippen LogP contribution in [0.2, 0.25) is 0 Å². The molecule has 1 unspecified atom stereocenters. The molecule has 0 N–H and O–H groups in total. The summed E-state index contributed by atoms with van der Waals surface area (Å²) in [6.07, 6.45) is -0.721. The summed E-state index contributed by atoms with van der Waals surface area (Å²) >= 11 is 0. The van der Waals surface area contributed by atoms with Gasteiger partial charge in [0, 0.05) is 6.42 Å². The monoisotopic (exact) mass is 140 g/mol. The van der Waals surface area contributed by atoms with Gasteiger partial charge in [-0.3, -0.25) is 0 Å². The zero-order valence-corrected chi connectivity index (χ0v) is 5.53. The van der Waals surface area contributed by atoms with Crippen molar-refractivity contribution in [1.82, 2.24) is 0 Å². The SMILES string of the molecule is O=C([O-])C1CCOOO1.[Li+]. The van der Waals surface area contributed by atoms with E-state index >= 15 is 0 Å². The number of hydrogen-bond acceptors (Lipinski definition) is 5. The zero-order chi connectivity index (χ0) is 6.69. The Morgan fingerprint density at radius 3 is 2.60 bits per heavy atom. The molecule has 1 heterocycles. The molecule has 1 atom stereocenters.